The molecular weight excluding hydrogens is 390 g/mol. The van der Waals surface area contributed by atoms with Crippen molar-refractivity contribution in [2.45, 2.75) is 13.0 Å². The quantitative estimate of drug-likeness (QED) is 0.458. The van der Waals surface area contributed by atoms with E-state index in [0.717, 1.165) is 21.8 Å². The minimum atomic E-state index is -0.188. The van der Waals surface area contributed by atoms with Gasteiger partial charge in [0.1, 0.15) is 11.4 Å². The fraction of sp³-hybridized carbons (Fsp3) is 0.0909. The predicted octanol–water partition coefficient (Wildman–Crippen LogP) is 5.75. The predicted molar refractivity (Wildman–Crippen MR) is 114 cm³/mol. The number of rotatable bonds is 5. The molecule has 0 radical (unpaired) electrons. The molecule has 0 unspecified atom stereocenters. The van der Waals surface area contributed by atoms with Crippen LogP contribution in [0.2, 0.25) is 5.02 Å². The molecule has 2 aromatic carbocycles. The molecule has 1 N–H and O–H groups in total. The third kappa shape index (κ3) is 3.86. The number of halogens is 1. The highest BCUT2D eigenvalue weighted by molar-refractivity contribution is 7.13. The van der Waals surface area contributed by atoms with Gasteiger partial charge in [0.05, 0.1) is 16.6 Å². The van der Waals surface area contributed by atoms with E-state index in [1.807, 2.05) is 73.0 Å². The van der Waals surface area contributed by atoms with E-state index >= 15 is 0 Å². The largest absolute Gasteiger partial charge is 0.344 e. The molecule has 28 heavy (non-hydrogen) atoms. The maximum absolute atomic E-state index is 13.1. The van der Waals surface area contributed by atoms with Gasteiger partial charge in [-0.1, -0.05) is 54.1 Å². The number of nitrogens with zero attached hydrogens (tertiary/aromatic N) is 2. The SMILES string of the molecule is C[C@H](NC(=O)c1cc(-c2cccs2)nn1-c1cccc(Cl)c1)c1ccccc1. The molecule has 140 valence electrons. The summed E-state index contributed by atoms with van der Waals surface area (Å²) in [5.74, 6) is -0.188. The Morgan fingerprint density at radius 3 is 2.61 bits per heavy atom. The molecule has 0 saturated carbocycles. The van der Waals surface area contributed by atoms with Gasteiger partial charge in [-0.15, -0.1) is 11.3 Å². The van der Waals surface area contributed by atoms with Crippen LogP contribution in [0.15, 0.2) is 78.2 Å². The molecule has 0 spiro atoms. The van der Waals surface area contributed by atoms with E-state index < -0.39 is 0 Å². The summed E-state index contributed by atoms with van der Waals surface area (Å²) < 4.78 is 1.65. The molecular formula is C22H18ClN3OS. The summed E-state index contributed by atoms with van der Waals surface area (Å²) in [5.41, 5.74) is 3.01. The second kappa shape index (κ2) is 8.00. The van der Waals surface area contributed by atoms with Crippen molar-refractivity contribution in [1.82, 2.24) is 15.1 Å². The number of carbonyl (C=O) groups is 1. The summed E-state index contributed by atoms with van der Waals surface area (Å²) in [6.45, 7) is 1.97. The molecule has 2 aromatic heterocycles. The Morgan fingerprint density at radius 2 is 1.89 bits per heavy atom. The first-order valence-electron chi connectivity index (χ1n) is 8.87. The smallest absolute Gasteiger partial charge is 0.270 e. The highest BCUT2D eigenvalue weighted by atomic mass is 35.5. The molecule has 1 atom stereocenters. The van der Waals surface area contributed by atoms with Crippen molar-refractivity contribution in [3.8, 4) is 16.3 Å². The van der Waals surface area contributed by atoms with Gasteiger partial charge in [0, 0.05) is 5.02 Å². The number of hydrogen-bond donors (Lipinski definition) is 1. The van der Waals surface area contributed by atoms with Crippen LogP contribution in [0, 0.1) is 0 Å². The molecule has 0 bridgehead atoms. The number of nitrogens with one attached hydrogen (secondary N) is 1. The topological polar surface area (TPSA) is 46.9 Å². The molecule has 4 rings (SSSR count). The van der Waals surface area contributed by atoms with Crippen LogP contribution < -0.4 is 5.32 Å². The molecule has 0 saturated heterocycles. The molecule has 1 amide bonds. The van der Waals surface area contributed by atoms with Crippen LogP contribution in [0.1, 0.15) is 29.0 Å². The van der Waals surface area contributed by atoms with Gasteiger partial charge in [-0.05, 0) is 48.2 Å². The van der Waals surface area contributed by atoms with Crippen LogP contribution in [-0.4, -0.2) is 15.7 Å². The summed E-state index contributed by atoms with van der Waals surface area (Å²) in [6.07, 6.45) is 0. The van der Waals surface area contributed by atoms with Crippen molar-refractivity contribution >= 4 is 28.8 Å². The molecule has 6 heteroatoms. The summed E-state index contributed by atoms with van der Waals surface area (Å²) in [7, 11) is 0. The van der Waals surface area contributed by atoms with Gasteiger partial charge in [0.15, 0.2) is 0 Å². The zero-order valence-corrected chi connectivity index (χ0v) is 16.7. The normalized spacial score (nSPS) is 11.9. The van der Waals surface area contributed by atoms with E-state index in [2.05, 4.69) is 10.4 Å². The van der Waals surface area contributed by atoms with E-state index in [9.17, 15) is 4.79 Å². The Labute approximate surface area is 172 Å². The zero-order valence-electron chi connectivity index (χ0n) is 15.2. The van der Waals surface area contributed by atoms with Crippen LogP contribution in [0.3, 0.4) is 0 Å². The van der Waals surface area contributed by atoms with Gasteiger partial charge >= 0.3 is 0 Å². The third-order valence-electron chi connectivity index (χ3n) is 4.42. The molecule has 0 aliphatic rings. The maximum atomic E-state index is 13.1. The van der Waals surface area contributed by atoms with Gasteiger partial charge in [0.2, 0.25) is 0 Å². The van der Waals surface area contributed by atoms with Crippen LogP contribution in [0.5, 0.6) is 0 Å². The second-order valence-corrected chi connectivity index (χ2v) is 7.77. The Bertz CT molecular complexity index is 1090. The highest BCUT2D eigenvalue weighted by Crippen LogP contribution is 2.27. The van der Waals surface area contributed by atoms with Gasteiger partial charge in [-0.3, -0.25) is 4.79 Å². The number of hydrogen-bond acceptors (Lipinski definition) is 3. The lowest BCUT2D eigenvalue weighted by molar-refractivity contribution is 0.0932. The second-order valence-electron chi connectivity index (χ2n) is 6.39. The van der Waals surface area contributed by atoms with Gasteiger partial charge in [-0.2, -0.15) is 5.10 Å². The fourth-order valence-electron chi connectivity index (χ4n) is 2.99. The summed E-state index contributed by atoms with van der Waals surface area (Å²) in [4.78, 5) is 14.1. The van der Waals surface area contributed by atoms with Crippen molar-refractivity contribution in [3.63, 3.8) is 0 Å². The van der Waals surface area contributed by atoms with Crippen molar-refractivity contribution in [1.29, 1.82) is 0 Å². The highest BCUT2D eigenvalue weighted by Gasteiger charge is 2.20. The summed E-state index contributed by atoms with van der Waals surface area (Å²) in [5, 5.41) is 10.3. The van der Waals surface area contributed by atoms with Crippen molar-refractivity contribution in [2.75, 3.05) is 0 Å². The molecule has 0 aliphatic carbocycles. The lowest BCUT2D eigenvalue weighted by atomic mass is 10.1. The van der Waals surface area contributed by atoms with Crippen LogP contribution in [0.25, 0.3) is 16.3 Å². The van der Waals surface area contributed by atoms with E-state index in [1.165, 1.54) is 0 Å². The molecule has 0 aliphatic heterocycles. The van der Waals surface area contributed by atoms with E-state index in [0.29, 0.717) is 10.7 Å². The first-order valence-corrected chi connectivity index (χ1v) is 10.1. The number of thiophene rings is 1. The Kier molecular flexibility index (Phi) is 5.28. The first kappa shape index (κ1) is 18.5. The Morgan fingerprint density at radius 1 is 1.07 bits per heavy atom. The average molecular weight is 408 g/mol. The average Bonchev–Trinajstić information content (AvgIpc) is 3.38. The number of benzene rings is 2. The van der Waals surface area contributed by atoms with Gasteiger partial charge in [-0.25, -0.2) is 4.68 Å². The van der Waals surface area contributed by atoms with E-state index in [-0.39, 0.29) is 11.9 Å². The Balaban J connectivity index is 1.71. The third-order valence-corrected chi connectivity index (χ3v) is 5.54. The van der Waals surface area contributed by atoms with Gasteiger partial charge < -0.3 is 5.32 Å². The van der Waals surface area contributed by atoms with Crippen molar-refractivity contribution < 1.29 is 4.79 Å². The number of amides is 1. The van der Waals surface area contributed by atoms with Crippen molar-refractivity contribution in [3.05, 3.63) is 94.5 Å². The van der Waals surface area contributed by atoms with Crippen LogP contribution >= 0.6 is 22.9 Å². The maximum Gasteiger partial charge on any atom is 0.270 e. The number of aromatic nitrogens is 2. The number of carbonyl (C=O) groups excluding carboxylic acids is 1. The lowest BCUT2D eigenvalue weighted by Crippen LogP contribution is -2.28. The van der Waals surface area contributed by atoms with Crippen LogP contribution in [0.4, 0.5) is 0 Å². The molecule has 0 fully saturated rings. The lowest BCUT2D eigenvalue weighted by Gasteiger charge is -2.15. The standard InChI is InChI=1S/C22H18ClN3OS/c1-15(16-7-3-2-4-8-16)24-22(27)20-14-19(21-11-6-12-28-21)25-26(20)18-10-5-9-17(23)13-18/h2-15H,1H3,(H,24,27)/t15-/m0/s1. The first-order chi connectivity index (χ1) is 13.6. The minimum Gasteiger partial charge on any atom is -0.344 e. The van der Waals surface area contributed by atoms with E-state index in [1.54, 1.807) is 28.2 Å². The monoisotopic (exact) mass is 407 g/mol. The van der Waals surface area contributed by atoms with E-state index in [4.69, 9.17) is 11.6 Å². The fourth-order valence-corrected chi connectivity index (χ4v) is 3.85. The molecule has 4 nitrogen and oxygen atoms in total. The van der Waals surface area contributed by atoms with Crippen LogP contribution in [-0.2, 0) is 0 Å². The van der Waals surface area contributed by atoms with Crippen molar-refractivity contribution in [2.24, 2.45) is 0 Å². The minimum absolute atomic E-state index is 0.124. The summed E-state index contributed by atoms with van der Waals surface area (Å²) in [6, 6.07) is 22.8. The Hall–Kier alpha value is -2.89. The van der Waals surface area contributed by atoms with Gasteiger partial charge in [0.25, 0.3) is 5.91 Å². The molecule has 4 aromatic rings. The molecule has 2 heterocycles. The summed E-state index contributed by atoms with van der Waals surface area (Å²) >= 11 is 7.74. The zero-order chi connectivity index (χ0) is 19.5.